The van der Waals surface area contributed by atoms with Crippen LogP contribution in [0.25, 0.3) is 0 Å². The minimum Gasteiger partial charge on any atom is -0.349 e. The normalized spacial score (nSPS) is 10.2. The number of hydrogen-bond donors (Lipinski definition) is 1. The smallest absolute Gasteiger partial charge is 0.270 e. The molecule has 130 valence electrons. The van der Waals surface area contributed by atoms with Crippen LogP contribution in [0, 0.1) is 10.1 Å². The summed E-state index contributed by atoms with van der Waals surface area (Å²) in [7, 11) is 3.36. The molecule has 8 heteroatoms. The second-order valence-electron chi connectivity index (χ2n) is 5.54. The number of carbonyl (C=O) groups excluding carboxylic acids is 2. The lowest BCUT2D eigenvalue weighted by molar-refractivity contribution is -0.384. The number of nitrogens with one attached hydrogen (secondary N) is 1. The molecule has 0 saturated heterocycles. The Morgan fingerprint density at radius 3 is 2.36 bits per heavy atom. The van der Waals surface area contributed by atoms with Crippen LogP contribution in [0.2, 0.25) is 5.02 Å². The number of anilines is 1. The number of non-ortho nitro benzene ring substituents is 1. The molecule has 0 heterocycles. The first-order chi connectivity index (χ1) is 11.8. The molecule has 2 amide bonds. The fraction of sp³-hybridized carbons (Fsp3) is 0.176. The van der Waals surface area contributed by atoms with Crippen LogP contribution < -0.4 is 5.32 Å². The van der Waals surface area contributed by atoms with E-state index in [1.165, 1.54) is 17.0 Å². The van der Waals surface area contributed by atoms with Crippen LogP contribution in [0.5, 0.6) is 0 Å². The fourth-order valence-electron chi connectivity index (χ4n) is 2.04. The standard InChI is InChI=1S/C17H16ClN3O4/c1-20(2)16(22)9-11-3-5-12(6-4-11)19-17(23)14-10-13(21(24)25)7-8-15(14)18/h3-8,10H,9H2,1-2H3,(H,19,23). The molecule has 0 radical (unpaired) electrons. The first-order valence-corrected chi connectivity index (χ1v) is 7.70. The van der Waals surface area contributed by atoms with Gasteiger partial charge in [-0.05, 0) is 23.8 Å². The number of nitro benzene ring substituents is 1. The topological polar surface area (TPSA) is 92.6 Å². The maximum Gasteiger partial charge on any atom is 0.270 e. The quantitative estimate of drug-likeness (QED) is 0.654. The van der Waals surface area contributed by atoms with Gasteiger partial charge in [0.25, 0.3) is 11.6 Å². The van der Waals surface area contributed by atoms with Crippen LogP contribution in [-0.4, -0.2) is 35.7 Å². The molecular weight excluding hydrogens is 346 g/mol. The molecule has 0 aliphatic carbocycles. The SMILES string of the molecule is CN(C)C(=O)Cc1ccc(NC(=O)c2cc([N+](=O)[O-])ccc2Cl)cc1. The highest BCUT2D eigenvalue weighted by Crippen LogP contribution is 2.23. The zero-order chi connectivity index (χ0) is 18.6. The highest BCUT2D eigenvalue weighted by molar-refractivity contribution is 6.34. The van der Waals surface area contributed by atoms with Crippen molar-refractivity contribution in [2.24, 2.45) is 0 Å². The Morgan fingerprint density at radius 1 is 1.16 bits per heavy atom. The molecule has 0 spiro atoms. The van der Waals surface area contributed by atoms with Crippen molar-refractivity contribution in [3.8, 4) is 0 Å². The third-order valence-electron chi connectivity index (χ3n) is 3.47. The molecule has 7 nitrogen and oxygen atoms in total. The second kappa shape index (κ2) is 7.76. The van der Waals surface area contributed by atoms with E-state index in [-0.39, 0.29) is 28.6 Å². The molecule has 0 unspecified atom stereocenters. The third kappa shape index (κ3) is 4.77. The van der Waals surface area contributed by atoms with Gasteiger partial charge in [-0.15, -0.1) is 0 Å². The Labute approximate surface area is 149 Å². The monoisotopic (exact) mass is 361 g/mol. The predicted octanol–water partition coefficient (Wildman–Crippen LogP) is 3.13. The van der Waals surface area contributed by atoms with Gasteiger partial charge in [-0.1, -0.05) is 23.7 Å². The Balaban J connectivity index is 2.12. The first-order valence-electron chi connectivity index (χ1n) is 7.32. The van der Waals surface area contributed by atoms with Gasteiger partial charge in [0.2, 0.25) is 5.91 Å². The molecule has 0 aliphatic heterocycles. The molecule has 0 bridgehead atoms. The summed E-state index contributed by atoms with van der Waals surface area (Å²) in [5.41, 5.74) is 1.11. The molecule has 1 N–H and O–H groups in total. The average molecular weight is 362 g/mol. The van der Waals surface area contributed by atoms with Gasteiger partial charge in [-0.3, -0.25) is 19.7 Å². The number of amides is 2. The summed E-state index contributed by atoms with van der Waals surface area (Å²) in [4.78, 5) is 35.7. The molecule has 0 atom stereocenters. The van der Waals surface area contributed by atoms with Crippen LogP contribution in [0.4, 0.5) is 11.4 Å². The van der Waals surface area contributed by atoms with E-state index in [1.807, 2.05) is 0 Å². The first kappa shape index (κ1) is 18.4. The molecular formula is C17H16ClN3O4. The largest absolute Gasteiger partial charge is 0.349 e. The number of likely N-dealkylation sites (N-methyl/N-ethyl adjacent to an activating group) is 1. The van der Waals surface area contributed by atoms with Crippen molar-refractivity contribution >= 4 is 34.8 Å². The van der Waals surface area contributed by atoms with Crippen molar-refractivity contribution in [1.82, 2.24) is 4.90 Å². The summed E-state index contributed by atoms with van der Waals surface area (Å²) in [6.07, 6.45) is 0.262. The number of carbonyl (C=O) groups is 2. The molecule has 0 saturated carbocycles. The van der Waals surface area contributed by atoms with Crippen LogP contribution in [0.3, 0.4) is 0 Å². The van der Waals surface area contributed by atoms with Gasteiger partial charge in [0.1, 0.15) is 0 Å². The lowest BCUT2D eigenvalue weighted by atomic mass is 10.1. The molecule has 25 heavy (non-hydrogen) atoms. The Morgan fingerprint density at radius 2 is 1.80 bits per heavy atom. The Kier molecular flexibility index (Phi) is 5.71. The average Bonchev–Trinajstić information content (AvgIpc) is 2.56. The van der Waals surface area contributed by atoms with Crippen molar-refractivity contribution in [2.75, 3.05) is 19.4 Å². The van der Waals surface area contributed by atoms with Crippen molar-refractivity contribution in [1.29, 1.82) is 0 Å². The zero-order valence-electron chi connectivity index (χ0n) is 13.7. The second-order valence-corrected chi connectivity index (χ2v) is 5.94. The Hall–Kier alpha value is -2.93. The van der Waals surface area contributed by atoms with Crippen molar-refractivity contribution < 1.29 is 14.5 Å². The summed E-state index contributed by atoms with van der Waals surface area (Å²) in [6, 6.07) is 10.4. The number of rotatable bonds is 5. The number of halogens is 1. The highest BCUT2D eigenvalue weighted by Gasteiger charge is 2.16. The van der Waals surface area contributed by atoms with E-state index in [2.05, 4.69) is 5.32 Å². The molecule has 2 rings (SSSR count). The number of benzene rings is 2. The molecule has 2 aromatic carbocycles. The summed E-state index contributed by atoms with van der Waals surface area (Å²) in [5, 5.41) is 13.6. The summed E-state index contributed by atoms with van der Waals surface area (Å²) in [5.74, 6) is -0.578. The molecule has 2 aromatic rings. The van der Waals surface area contributed by atoms with Gasteiger partial charge in [0, 0.05) is 31.9 Å². The van der Waals surface area contributed by atoms with Crippen LogP contribution >= 0.6 is 11.6 Å². The van der Waals surface area contributed by atoms with E-state index in [1.54, 1.807) is 38.4 Å². The van der Waals surface area contributed by atoms with Crippen molar-refractivity contribution in [3.63, 3.8) is 0 Å². The molecule has 0 aliphatic rings. The van der Waals surface area contributed by atoms with Gasteiger partial charge in [0.05, 0.1) is 21.9 Å². The van der Waals surface area contributed by atoms with Gasteiger partial charge in [-0.25, -0.2) is 0 Å². The summed E-state index contributed by atoms with van der Waals surface area (Å²) < 4.78 is 0. The van der Waals surface area contributed by atoms with Gasteiger partial charge >= 0.3 is 0 Å². The van der Waals surface area contributed by atoms with Crippen LogP contribution in [-0.2, 0) is 11.2 Å². The maximum atomic E-state index is 12.3. The Bertz CT molecular complexity index is 819. The third-order valence-corrected chi connectivity index (χ3v) is 3.80. The predicted molar refractivity (Wildman–Crippen MR) is 94.9 cm³/mol. The lowest BCUT2D eigenvalue weighted by Gasteiger charge is -2.11. The van der Waals surface area contributed by atoms with E-state index in [0.717, 1.165) is 11.6 Å². The van der Waals surface area contributed by atoms with Crippen molar-refractivity contribution in [2.45, 2.75) is 6.42 Å². The summed E-state index contributed by atoms with van der Waals surface area (Å²) >= 11 is 5.95. The lowest BCUT2D eigenvalue weighted by Crippen LogP contribution is -2.23. The minimum atomic E-state index is -0.594. The van der Waals surface area contributed by atoms with Crippen molar-refractivity contribution in [3.05, 3.63) is 68.7 Å². The van der Waals surface area contributed by atoms with Crippen LogP contribution in [0.1, 0.15) is 15.9 Å². The van der Waals surface area contributed by atoms with Gasteiger partial charge in [-0.2, -0.15) is 0 Å². The highest BCUT2D eigenvalue weighted by atomic mass is 35.5. The van der Waals surface area contributed by atoms with Crippen LogP contribution in [0.15, 0.2) is 42.5 Å². The van der Waals surface area contributed by atoms with E-state index in [0.29, 0.717) is 5.69 Å². The van der Waals surface area contributed by atoms with E-state index >= 15 is 0 Å². The van der Waals surface area contributed by atoms with Gasteiger partial charge < -0.3 is 10.2 Å². The van der Waals surface area contributed by atoms with Gasteiger partial charge in [0.15, 0.2) is 0 Å². The maximum absolute atomic E-state index is 12.3. The van der Waals surface area contributed by atoms with E-state index < -0.39 is 10.8 Å². The summed E-state index contributed by atoms with van der Waals surface area (Å²) in [6.45, 7) is 0. The fourth-order valence-corrected chi connectivity index (χ4v) is 2.24. The number of nitrogens with zero attached hydrogens (tertiary/aromatic N) is 2. The molecule has 0 fully saturated rings. The van der Waals surface area contributed by atoms with E-state index in [9.17, 15) is 19.7 Å². The van der Waals surface area contributed by atoms with E-state index in [4.69, 9.17) is 11.6 Å². The molecule has 0 aromatic heterocycles. The number of nitro groups is 1. The minimum absolute atomic E-state index is 0.0164. The number of hydrogen-bond acceptors (Lipinski definition) is 4. The zero-order valence-corrected chi connectivity index (χ0v) is 14.4.